The highest BCUT2D eigenvalue weighted by Gasteiger charge is 2.26. The predicted octanol–water partition coefficient (Wildman–Crippen LogP) is 2.89. The monoisotopic (exact) mass is 405 g/mol. The molecule has 150 valence electrons. The summed E-state index contributed by atoms with van der Waals surface area (Å²) in [7, 11) is 0. The number of hydrogen-bond donors (Lipinski definition) is 1. The quantitative estimate of drug-likeness (QED) is 0.844. The average Bonchev–Trinajstić information content (AvgIpc) is 3.01. The maximum absolute atomic E-state index is 12.7. The van der Waals surface area contributed by atoms with Crippen LogP contribution in [-0.2, 0) is 4.74 Å². The summed E-state index contributed by atoms with van der Waals surface area (Å²) in [5.74, 6) is 0.209. The van der Waals surface area contributed by atoms with Gasteiger partial charge in [-0.25, -0.2) is 14.5 Å². The van der Waals surface area contributed by atoms with E-state index in [9.17, 15) is 9.59 Å². The van der Waals surface area contributed by atoms with Crippen molar-refractivity contribution in [2.75, 3.05) is 19.7 Å². The van der Waals surface area contributed by atoms with Crippen LogP contribution < -0.4 is 5.32 Å². The van der Waals surface area contributed by atoms with Crippen molar-refractivity contribution >= 4 is 23.6 Å². The third-order valence-electron chi connectivity index (χ3n) is 4.63. The summed E-state index contributed by atoms with van der Waals surface area (Å²) in [6.45, 7) is 7.03. The molecule has 2 aromatic heterocycles. The van der Waals surface area contributed by atoms with Gasteiger partial charge in [0.25, 0.3) is 5.91 Å². The van der Waals surface area contributed by atoms with Crippen molar-refractivity contribution in [1.82, 2.24) is 25.0 Å². The zero-order valence-corrected chi connectivity index (χ0v) is 17.0. The van der Waals surface area contributed by atoms with Crippen LogP contribution in [0.5, 0.6) is 0 Å². The summed E-state index contributed by atoms with van der Waals surface area (Å²) < 4.78 is 6.69. The Morgan fingerprint density at radius 3 is 2.61 bits per heavy atom. The SMILES string of the molecule is CCOC(=O)N1CCC(NC(=O)c2nc(-n3nc(C)cc3C)ccc2Cl)CC1. The van der Waals surface area contributed by atoms with E-state index in [1.807, 2.05) is 19.9 Å². The maximum atomic E-state index is 12.7. The minimum atomic E-state index is -0.331. The molecule has 0 unspecified atom stereocenters. The number of aromatic nitrogens is 3. The van der Waals surface area contributed by atoms with Crippen LogP contribution in [0.15, 0.2) is 18.2 Å². The Hall–Kier alpha value is -2.61. The van der Waals surface area contributed by atoms with Gasteiger partial charge in [-0.1, -0.05) is 11.6 Å². The van der Waals surface area contributed by atoms with E-state index in [-0.39, 0.29) is 28.8 Å². The molecule has 1 aliphatic rings. The lowest BCUT2D eigenvalue weighted by atomic mass is 10.1. The molecule has 0 aromatic carbocycles. The highest BCUT2D eigenvalue weighted by molar-refractivity contribution is 6.33. The Balaban J connectivity index is 1.67. The number of halogens is 1. The van der Waals surface area contributed by atoms with Crippen LogP contribution in [-0.4, -0.2) is 57.4 Å². The van der Waals surface area contributed by atoms with Crippen molar-refractivity contribution in [3.05, 3.63) is 40.3 Å². The number of nitrogens with zero attached hydrogens (tertiary/aromatic N) is 4. The predicted molar refractivity (Wildman–Crippen MR) is 105 cm³/mol. The average molecular weight is 406 g/mol. The van der Waals surface area contributed by atoms with E-state index >= 15 is 0 Å². The van der Waals surface area contributed by atoms with E-state index in [4.69, 9.17) is 16.3 Å². The zero-order valence-electron chi connectivity index (χ0n) is 16.2. The fraction of sp³-hybridized carbons (Fsp3) is 0.474. The van der Waals surface area contributed by atoms with E-state index < -0.39 is 0 Å². The number of carbonyl (C=O) groups excluding carboxylic acids is 2. The topological polar surface area (TPSA) is 89.4 Å². The summed E-state index contributed by atoms with van der Waals surface area (Å²) in [6.07, 6.45) is 0.994. The summed E-state index contributed by atoms with van der Waals surface area (Å²) >= 11 is 6.22. The van der Waals surface area contributed by atoms with Crippen molar-refractivity contribution in [3.8, 4) is 5.82 Å². The van der Waals surface area contributed by atoms with Gasteiger partial charge in [0.05, 0.1) is 17.3 Å². The molecule has 0 aliphatic carbocycles. The zero-order chi connectivity index (χ0) is 20.3. The Bertz CT molecular complexity index is 874. The molecule has 0 radical (unpaired) electrons. The summed E-state index contributed by atoms with van der Waals surface area (Å²) in [6, 6.07) is 5.27. The number of piperidine rings is 1. The molecule has 0 spiro atoms. The number of pyridine rings is 1. The second kappa shape index (κ2) is 8.60. The molecule has 28 heavy (non-hydrogen) atoms. The Labute approximate surface area is 168 Å². The molecule has 9 heteroatoms. The molecule has 2 amide bonds. The highest BCUT2D eigenvalue weighted by Crippen LogP contribution is 2.19. The molecule has 0 bridgehead atoms. The van der Waals surface area contributed by atoms with Gasteiger partial charge in [-0.05, 0) is 51.8 Å². The summed E-state index contributed by atoms with van der Waals surface area (Å²) in [5.41, 5.74) is 1.96. The molecule has 3 rings (SSSR count). The lowest BCUT2D eigenvalue weighted by Crippen LogP contribution is -2.46. The largest absolute Gasteiger partial charge is 0.450 e. The number of aryl methyl sites for hydroxylation is 2. The molecule has 0 saturated carbocycles. The molecule has 0 atom stereocenters. The van der Waals surface area contributed by atoms with E-state index in [2.05, 4.69) is 15.4 Å². The standard InChI is InChI=1S/C19H24ClN5O3/c1-4-28-19(27)24-9-7-14(8-10-24)21-18(26)17-15(20)5-6-16(22-17)25-13(3)11-12(2)23-25/h5-6,11,14H,4,7-10H2,1-3H3,(H,21,26). The van der Waals surface area contributed by atoms with Crippen LogP contribution in [0.2, 0.25) is 5.02 Å². The van der Waals surface area contributed by atoms with Gasteiger partial charge in [-0.15, -0.1) is 0 Å². The van der Waals surface area contributed by atoms with Crippen molar-refractivity contribution in [1.29, 1.82) is 0 Å². The first-order valence-electron chi connectivity index (χ1n) is 9.31. The van der Waals surface area contributed by atoms with Gasteiger partial charge in [0.15, 0.2) is 5.82 Å². The number of carbonyl (C=O) groups is 2. The van der Waals surface area contributed by atoms with E-state index in [1.54, 1.807) is 28.6 Å². The fourth-order valence-corrected chi connectivity index (χ4v) is 3.44. The third-order valence-corrected chi connectivity index (χ3v) is 4.93. The second-order valence-corrected chi connectivity index (χ2v) is 7.18. The second-order valence-electron chi connectivity index (χ2n) is 6.77. The number of hydrogen-bond acceptors (Lipinski definition) is 5. The molecular formula is C19H24ClN5O3. The lowest BCUT2D eigenvalue weighted by molar-refractivity contribution is 0.0856. The number of amides is 2. The fourth-order valence-electron chi connectivity index (χ4n) is 3.24. The van der Waals surface area contributed by atoms with Crippen LogP contribution in [0.1, 0.15) is 41.6 Å². The van der Waals surface area contributed by atoms with Crippen LogP contribution in [0.3, 0.4) is 0 Å². The summed E-state index contributed by atoms with van der Waals surface area (Å²) in [4.78, 5) is 30.6. The first kappa shape index (κ1) is 20.1. The number of nitrogens with one attached hydrogen (secondary N) is 1. The van der Waals surface area contributed by atoms with Crippen molar-refractivity contribution in [3.63, 3.8) is 0 Å². The maximum Gasteiger partial charge on any atom is 0.409 e. The van der Waals surface area contributed by atoms with Crippen LogP contribution >= 0.6 is 11.6 Å². The first-order chi connectivity index (χ1) is 13.4. The smallest absolute Gasteiger partial charge is 0.409 e. The molecule has 3 heterocycles. The van der Waals surface area contributed by atoms with Gasteiger partial charge in [0.2, 0.25) is 0 Å². The molecule has 2 aromatic rings. The normalized spacial score (nSPS) is 14.8. The Kier molecular flexibility index (Phi) is 6.18. The van der Waals surface area contributed by atoms with E-state index in [0.29, 0.717) is 38.4 Å². The minimum absolute atomic E-state index is 0.0478. The minimum Gasteiger partial charge on any atom is -0.450 e. The van der Waals surface area contributed by atoms with Gasteiger partial charge in [0, 0.05) is 24.8 Å². The van der Waals surface area contributed by atoms with E-state index in [0.717, 1.165) is 11.4 Å². The first-order valence-corrected chi connectivity index (χ1v) is 9.69. The third kappa shape index (κ3) is 4.44. The van der Waals surface area contributed by atoms with Gasteiger partial charge >= 0.3 is 6.09 Å². The van der Waals surface area contributed by atoms with Gasteiger partial charge in [-0.2, -0.15) is 5.10 Å². The van der Waals surface area contributed by atoms with E-state index in [1.165, 1.54) is 0 Å². The lowest BCUT2D eigenvalue weighted by Gasteiger charge is -2.31. The van der Waals surface area contributed by atoms with Crippen LogP contribution in [0.25, 0.3) is 5.82 Å². The Morgan fingerprint density at radius 2 is 2.00 bits per heavy atom. The van der Waals surface area contributed by atoms with Gasteiger partial charge in [0.1, 0.15) is 5.69 Å². The molecule has 1 aliphatic heterocycles. The van der Waals surface area contributed by atoms with Crippen molar-refractivity contribution in [2.24, 2.45) is 0 Å². The molecule has 1 saturated heterocycles. The summed E-state index contributed by atoms with van der Waals surface area (Å²) in [5, 5.41) is 7.65. The van der Waals surface area contributed by atoms with Gasteiger partial charge in [-0.3, -0.25) is 4.79 Å². The van der Waals surface area contributed by atoms with Crippen molar-refractivity contribution in [2.45, 2.75) is 39.7 Å². The van der Waals surface area contributed by atoms with Gasteiger partial charge < -0.3 is 15.0 Å². The molecular weight excluding hydrogens is 382 g/mol. The highest BCUT2D eigenvalue weighted by atomic mass is 35.5. The Morgan fingerprint density at radius 1 is 1.29 bits per heavy atom. The molecule has 1 fully saturated rings. The number of ether oxygens (including phenoxy) is 1. The van der Waals surface area contributed by atoms with Crippen LogP contribution in [0, 0.1) is 13.8 Å². The number of rotatable bonds is 4. The molecule has 1 N–H and O–H groups in total. The van der Waals surface area contributed by atoms with Crippen LogP contribution in [0.4, 0.5) is 4.79 Å². The number of likely N-dealkylation sites (tertiary alicyclic amines) is 1. The molecule has 8 nitrogen and oxygen atoms in total. The van der Waals surface area contributed by atoms with Crippen molar-refractivity contribution < 1.29 is 14.3 Å².